The molecule has 1 aromatic carbocycles. The lowest BCUT2D eigenvalue weighted by Gasteiger charge is -2.03. The van der Waals surface area contributed by atoms with Gasteiger partial charge in [0.1, 0.15) is 0 Å². The van der Waals surface area contributed by atoms with Gasteiger partial charge in [-0.1, -0.05) is 37.6 Å². The van der Waals surface area contributed by atoms with Crippen molar-refractivity contribution in [2.24, 2.45) is 4.36 Å². The Hall–Kier alpha value is -1.09. The highest BCUT2D eigenvalue weighted by Crippen LogP contribution is 2.14. The minimum atomic E-state index is -2.33. The maximum absolute atomic E-state index is 12.4. The second-order valence-corrected chi connectivity index (χ2v) is 5.47. The third-order valence-electron chi connectivity index (χ3n) is 2.09. The summed E-state index contributed by atoms with van der Waals surface area (Å²) in [5.41, 5.74) is 0. The van der Waals surface area contributed by atoms with Crippen molar-refractivity contribution < 1.29 is 4.21 Å². The number of hydrogen-bond donors (Lipinski definition) is 0. The van der Waals surface area contributed by atoms with Crippen molar-refractivity contribution in [3.05, 3.63) is 41.8 Å². The molecule has 0 spiro atoms. The van der Waals surface area contributed by atoms with E-state index in [1.807, 2.05) is 36.4 Å². The van der Waals surface area contributed by atoms with Crippen molar-refractivity contribution in [3.63, 3.8) is 0 Å². The molecule has 0 aliphatic carbocycles. The zero-order valence-corrected chi connectivity index (χ0v) is 10.0. The molecule has 0 amide bonds. The second-order valence-electron chi connectivity index (χ2n) is 3.22. The molecular weight excluding hydrogens is 206 g/mol. The molecule has 1 aromatic rings. The van der Waals surface area contributed by atoms with Crippen LogP contribution in [0.1, 0.15) is 19.8 Å². The Morgan fingerprint density at radius 1 is 1.33 bits per heavy atom. The first kappa shape index (κ1) is 12.0. The Bertz CT molecular complexity index is 428. The van der Waals surface area contributed by atoms with Gasteiger partial charge >= 0.3 is 0 Å². The summed E-state index contributed by atoms with van der Waals surface area (Å²) in [7, 11) is -0.731. The maximum atomic E-state index is 12.4. The average Bonchev–Trinajstić information content (AvgIpc) is 2.30. The molecule has 0 bridgehead atoms. The van der Waals surface area contributed by atoms with E-state index in [1.165, 1.54) is 0 Å². The van der Waals surface area contributed by atoms with Crippen LogP contribution in [-0.2, 0) is 9.73 Å². The number of unbranched alkanes of at least 4 members (excludes halogenated alkanes) is 1. The van der Waals surface area contributed by atoms with Crippen molar-refractivity contribution in [3.8, 4) is 0 Å². The summed E-state index contributed by atoms with van der Waals surface area (Å²) in [6, 6.07) is 9.38. The van der Waals surface area contributed by atoms with Crippen LogP contribution in [0.15, 0.2) is 51.1 Å². The van der Waals surface area contributed by atoms with Gasteiger partial charge in [-0.3, -0.25) is 0 Å². The molecule has 0 aromatic heterocycles. The molecule has 15 heavy (non-hydrogen) atoms. The van der Waals surface area contributed by atoms with Crippen molar-refractivity contribution in [1.29, 1.82) is 0 Å². The molecule has 0 radical (unpaired) electrons. The predicted molar refractivity (Wildman–Crippen MR) is 65.3 cm³/mol. The molecule has 2 nitrogen and oxygen atoms in total. The summed E-state index contributed by atoms with van der Waals surface area (Å²) in [5, 5.41) is 1.73. The Kier molecular flexibility index (Phi) is 4.56. The Morgan fingerprint density at radius 2 is 2.00 bits per heavy atom. The van der Waals surface area contributed by atoms with Gasteiger partial charge in [-0.15, -0.1) is 0 Å². The minimum absolute atomic E-state index is 0.778. The third-order valence-corrected chi connectivity index (χ3v) is 4.14. The van der Waals surface area contributed by atoms with E-state index in [9.17, 15) is 4.21 Å². The Morgan fingerprint density at radius 3 is 2.53 bits per heavy atom. The van der Waals surface area contributed by atoms with E-state index >= 15 is 0 Å². The van der Waals surface area contributed by atoms with E-state index in [2.05, 4.69) is 11.3 Å². The van der Waals surface area contributed by atoms with Crippen LogP contribution in [0.25, 0.3) is 0 Å². The SMILES string of the molecule is CCC/C=C/[S@](=O)(=NC)c1ccccc1. The molecule has 0 saturated heterocycles. The first-order chi connectivity index (χ1) is 7.23. The van der Waals surface area contributed by atoms with Gasteiger partial charge in [-0.2, -0.15) is 0 Å². The lowest BCUT2D eigenvalue weighted by Crippen LogP contribution is -1.95. The van der Waals surface area contributed by atoms with E-state index in [1.54, 1.807) is 12.5 Å². The fraction of sp³-hybridized carbons (Fsp3) is 0.333. The van der Waals surface area contributed by atoms with Gasteiger partial charge < -0.3 is 0 Å². The standard InChI is InChI=1S/C12H17NOS/c1-3-4-8-11-15(14,13-2)12-9-6-5-7-10-12/h5-11H,3-4H2,1-2H3/b11-8+/t15-/m1/s1. The number of hydrogen-bond acceptors (Lipinski definition) is 2. The first-order valence-electron chi connectivity index (χ1n) is 5.10. The van der Waals surface area contributed by atoms with E-state index in [0.717, 1.165) is 17.7 Å². The van der Waals surface area contributed by atoms with Crippen molar-refractivity contribution in [2.75, 3.05) is 7.05 Å². The molecule has 0 heterocycles. The van der Waals surface area contributed by atoms with Gasteiger partial charge in [0.25, 0.3) is 0 Å². The first-order valence-corrected chi connectivity index (χ1v) is 6.67. The van der Waals surface area contributed by atoms with E-state index < -0.39 is 9.73 Å². The molecule has 0 aliphatic rings. The summed E-state index contributed by atoms with van der Waals surface area (Å²) < 4.78 is 16.4. The van der Waals surface area contributed by atoms with Gasteiger partial charge in [0, 0.05) is 12.5 Å². The molecule has 1 rings (SSSR count). The topological polar surface area (TPSA) is 29.4 Å². The molecule has 0 unspecified atom stereocenters. The lowest BCUT2D eigenvalue weighted by molar-refractivity contribution is 0.681. The summed E-state index contributed by atoms with van der Waals surface area (Å²) in [5.74, 6) is 0. The van der Waals surface area contributed by atoms with Gasteiger partial charge in [0.2, 0.25) is 0 Å². The number of benzene rings is 1. The minimum Gasteiger partial charge on any atom is -0.240 e. The van der Waals surface area contributed by atoms with Gasteiger partial charge in [-0.05, 0) is 18.6 Å². The quantitative estimate of drug-likeness (QED) is 0.768. The van der Waals surface area contributed by atoms with Crippen molar-refractivity contribution in [2.45, 2.75) is 24.7 Å². The highest BCUT2D eigenvalue weighted by atomic mass is 32.2. The fourth-order valence-corrected chi connectivity index (χ4v) is 2.66. The predicted octanol–water partition coefficient (Wildman–Crippen LogP) is 3.46. The average molecular weight is 223 g/mol. The Balaban J connectivity index is 3.03. The number of rotatable bonds is 4. The second kappa shape index (κ2) is 5.71. The van der Waals surface area contributed by atoms with Crippen LogP contribution in [0, 0.1) is 0 Å². The van der Waals surface area contributed by atoms with E-state index in [0.29, 0.717) is 0 Å². The Labute approximate surface area is 92.2 Å². The van der Waals surface area contributed by atoms with Crippen LogP contribution in [0.3, 0.4) is 0 Å². The van der Waals surface area contributed by atoms with E-state index in [-0.39, 0.29) is 0 Å². The largest absolute Gasteiger partial charge is 0.240 e. The normalized spacial score (nSPS) is 15.1. The zero-order chi connectivity index (χ0) is 11.1. The van der Waals surface area contributed by atoms with Crippen LogP contribution >= 0.6 is 0 Å². The summed E-state index contributed by atoms with van der Waals surface area (Å²) >= 11 is 0. The van der Waals surface area contributed by atoms with Crippen LogP contribution in [0.2, 0.25) is 0 Å². The van der Waals surface area contributed by atoms with Crippen molar-refractivity contribution >= 4 is 9.73 Å². The van der Waals surface area contributed by atoms with E-state index in [4.69, 9.17) is 0 Å². The highest BCUT2D eigenvalue weighted by molar-refractivity contribution is 7.96. The number of allylic oxidation sites excluding steroid dienone is 1. The monoisotopic (exact) mass is 223 g/mol. The van der Waals surface area contributed by atoms with Crippen LogP contribution in [-0.4, -0.2) is 11.3 Å². The van der Waals surface area contributed by atoms with Crippen LogP contribution in [0.5, 0.6) is 0 Å². The summed E-state index contributed by atoms with van der Waals surface area (Å²) in [6.07, 6.45) is 3.95. The molecule has 0 N–H and O–H groups in total. The molecule has 3 heteroatoms. The molecule has 82 valence electrons. The van der Waals surface area contributed by atoms with Crippen molar-refractivity contribution in [1.82, 2.24) is 0 Å². The smallest absolute Gasteiger partial charge is 0.0963 e. The van der Waals surface area contributed by atoms with Gasteiger partial charge in [0.15, 0.2) is 0 Å². The molecule has 1 atom stereocenters. The lowest BCUT2D eigenvalue weighted by atomic mass is 10.3. The summed E-state index contributed by atoms with van der Waals surface area (Å²) in [6.45, 7) is 2.10. The third kappa shape index (κ3) is 3.20. The van der Waals surface area contributed by atoms with Crippen LogP contribution < -0.4 is 0 Å². The maximum Gasteiger partial charge on any atom is 0.0963 e. The van der Waals surface area contributed by atoms with Crippen LogP contribution in [0.4, 0.5) is 0 Å². The van der Waals surface area contributed by atoms with Gasteiger partial charge in [0.05, 0.1) is 14.6 Å². The molecular formula is C12H17NOS. The molecule has 0 fully saturated rings. The number of nitrogens with zero attached hydrogens (tertiary/aromatic N) is 1. The van der Waals surface area contributed by atoms with Gasteiger partial charge in [-0.25, -0.2) is 8.57 Å². The zero-order valence-electron chi connectivity index (χ0n) is 9.22. The fourth-order valence-electron chi connectivity index (χ4n) is 1.23. The molecule has 0 saturated carbocycles. The summed E-state index contributed by atoms with van der Waals surface area (Å²) in [4.78, 5) is 0.778. The molecule has 0 aliphatic heterocycles. The highest BCUT2D eigenvalue weighted by Gasteiger charge is 2.05.